The van der Waals surface area contributed by atoms with E-state index in [0.29, 0.717) is 6.07 Å². The molecule has 2 unspecified atom stereocenters. The average Bonchev–Trinajstić information content (AvgIpc) is 2.38. The number of piperidine rings is 1. The van der Waals surface area contributed by atoms with E-state index < -0.39 is 29.6 Å². The molecule has 4 nitrogen and oxygen atoms in total. The van der Waals surface area contributed by atoms with Crippen molar-refractivity contribution in [3.8, 4) is 0 Å². The van der Waals surface area contributed by atoms with Crippen LogP contribution in [0.25, 0.3) is 0 Å². The minimum absolute atomic E-state index is 0.0497. The lowest BCUT2D eigenvalue weighted by Crippen LogP contribution is -2.45. The van der Waals surface area contributed by atoms with Gasteiger partial charge in [0.15, 0.2) is 0 Å². The van der Waals surface area contributed by atoms with Gasteiger partial charge < -0.3 is 10.0 Å². The van der Waals surface area contributed by atoms with Gasteiger partial charge in [-0.15, -0.1) is 0 Å². The molecule has 108 valence electrons. The van der Waals surface area contributed by atoms with Crippen molar-refractivity contribution in [2.45, 2.75) is 25.8 Å². The molecule has 0 radical (unpaired) electrons. The Morgan fingerprint density at radius 3 is 2.70 bits per heavy atom. The summed E-state index contributed by atoms with van der Waals surface area (Å²) in [5.41, 5.74) is 0.0497. The maximum Gasteiger partial charge on any atom is 0.308 e. The van der Waals surface area contributed by atoms with Gasteiger partial charge in [-0.1, -0.05) is 6.07 Å². The Morgan fingerprint density at radius 2 is 2.15 bits per heavy atom. The third-order valence-electron chi connectivity index (χ3n) is 3.65. The number of rotatable bonds is 3. The van der Waals surface area contributed by atoms with Crippen LogP contribution in [-0.2, 0) is 9.59 Å². The quantitative estimate of drug-likeness (QED) is 0.926. The third-order valence-corrected chi connectivity index (χ3v) is 3.65. The van der Waals surface area contributed by atoms with Gasteiger partial charge in [0.25, 0.3) is 0 Å². The number of hydrogen-bond donors (Lipinski definition) is 1. The van der Waals surface area contributed by atoms with Gasteiger partial charge in [-0.25, -0.2) is 8.78 Å². The first-order chi connectivity index (χ1) is 9.45. The smallest absolute Gasteiger partial charge is 0.308 e. The van der Waals surface area contributed by atoms with Crippen molar-refractivity contribution < 1.29 is 23.5 Å². The summed E-state index contributed by atoms with van der Waals surface area (Å²) in [6, 6.07) is 2.11. The fourth-order valence-electron chi connectivity index (χ4n) is 2.71. The van der Waals surface area contributed by atoms with Crippen molar-refractivity contribution in [2.75, 3.05) is 6.54 Å². The number of carbonyl (C=O) groups is 2. The molecule has 0 saturated carbocycles. The van der Waals surface area contributed by atoms with Crippen LogP contribution < -0.4 is 0 Å². The van der Waals surface area contributed by atoms with Gasteiger partial charge in [0, 0.05) is 24.6 Å². The molecule has 1 aliphatic heterocycles. The Labute approximate surface area is 115 Å². The largest absolute Gasteiger partial charge is 0.481 e. The number of benzene rings is 1. The molecule has 2 rings (SSSR count). The Bertz CT molecular complexity index is 545. The summed E-state index contributed by atoms with van der Waals surface area (Å²) in [5, 5.41) is 9.28. The van der Waals surface area contributed by atoms with E-state index in [1.807, 2.05) is 0 Å². The van der Waals surface area contributed by atoms with Crippen molar-refractivity contribution in [2.24, 2.45) is 5.92 Å². The predicted molar refractivity (Wildman–Crippen MR) is 66.8 cm³/mol. The van der Waals surface area contributed by atoms with Crippen molar-refractivity contribution in [1.29, 1.82) is 0 Å². The molecule has 0 bridgehead atoms. The van der Waals surface area contributed by atoms with E-state index in [2.05, 4.69) is 0 Å². The van der Waals surface area contributed by atoms with Crippen LogP contribution in [0, 0.1) is 17.6 Å². The molecule has 1 saturated heterocycles. The van der Waals surface area contributed by atoms with Crippen molar-refractivity contribution in [3.63, 3.8) is 0 Å². The summed E-state index contributed by atoms with van der Waals surface area (Å²) in [4.78, 5) is 24.6. The lowest BCUT2D eigenvalue weighted by molar-refractivity contribution is -0.151. The molecule has 1 fully saturated rings. The number of nitrogens with zero attached hydrogens (tertiary/aromatic N) is 1. The summed E-state index contributed by atoms with van der Waals surface area (Å²) in [7, 11) is 0. The standard InChI is InChI=1S/C14H15F2NO3/c1-2-17-12(18)6-5-10(14(19)20)13(17)9-4-3-8(15)7-11(9)16/h3-4,7,10,13H,2,5-6H2,1H3,(H,19,20). The van der Waals surface area contributed by atoms with Crippen LogP contribution in [0.5, 0.6) is 0 Å². The highest BCUT2D eigenvalue weighted by atomic mass is 19.1. The topological polar surface area (TPSA) is 57.6 Å². The van der Waals surface area contributed by atoms with Crippen LogP contribution in [0.3, 0.4) is 0 Å². The average molecular weight is 283 g/mol. The second-order valence-corrected chi connectivity index (χ2v) is 4.77. The Kier molecular flexibility index (Phi) is 4.01. The molecule has 0 aliphatic carbocycles. The number of likely N-dealkylation sites (tertiary alicyclic amines) is 1. The molecule has 1 heterocycles. The Hall–Kier alpha value is -1.98. The normalized spacial score (nSPS) is 22.9. The van der Waals surface area contributed by atoms with Gasteiger partial charge in [0.05, 0.1) is 12.0 Å². The lowest BCUT2D eigenvalue weighted by Gasteiger charge is -2.39. The van der Waals surface area contributed by atoms with E-state index in [1.54, 1.807) is 6.92 Å². The van der Waals surface area contributed by atoms with Crippen LogP contribution in [0.2, 0.25) is 0 Å². The van der Waals surface area contributed by atoms with Crippen molar-refractivity contribution >= 4 is 11.9 Å². The van der Waals surface area contributed by atoms with E-state index in [4.69, 9.17) is 0 Å². The molecule has 0 aromatic heterocycles. The number of carbonyl (C=O) groups excluding carboxylic acids is 1. The Morgan fingerprint density at radius 1 is 1.45 bits per heavy atom. The minimum Gasteiger partial charge on any atom is -0.481 e. The molecular weight excluding hydrogens is 268 g/mol. The first kappa shape index (κ1) is 14.4. The van der Waals surface area contributed by atoms with Gasteiger partial charge in [0.2, 0.25) is 5.91 Å². The molecule has 1 aliphatic rings. The fourth-order valence-corrected chi connectivity index (χ4v) is 2.71. The zero-order chi connectivity index (χ0) is 14.9. The van der Waals surface area contributed by atoms with Crippen LogP contribution in [0.15, 0.2) is 18.2 Å². The fraction of sp³-hybridized carbons (Fsp3) is 0.429. The van der Waals surface area contributed by atoms with Gasteiger partial charge in [0.1, 0.15) is 11.6 Å². The number of aliphatic carboxylic acids is 1. The Balaban J connectivity index is 2.49. The summed E-state index contributed by atoms with van der Waals surface area (Å²) in [6.45, 7) is 1.99. The van der Waals surface area contributed by atoms with E-state index in [1.165, 1.54) is 11.0 Å². The zero-order valence-corrected chi connectivity index (χ0v) is 11.0. The van der Waals surface area contributed by atoms with Crippen LogP contribution >= 0.6 is 0 Å². The van der Waals surface area contributed by atoms with E-state index >= 15 is 0 Å². The summed E-state index contributed by atoms with van der Waals surface area (Å²) in [6.07, 6.45) is 0.288. The van der Waals surface area contributed by atoms with Gasteiger partial charge in [-0.3, -0.25) is 9.59 Å². The highest BCUT2D eigenvalue weighted by Gasteiger charge is 2.41. The molecule has 1 aromatic carbocycles. The minimum atomic E-state index is -1.08. The lowest BCUT2D eigenvalue weighted by atomic mass is 9.84. The number of carboxylic acids is 1. The highest BCUT2D eigenvalue weighted by molar-refractivity contribution is 5.81. The molecule has 2 atom stereocenters. The van der Waals surface area contributed by atoms with E-state index in [9.17, 15) is 23.5 Å². The molecule has 1 aromatic rings. The monoisotopic (exact) mass is 283 g/mol. The van der Waals surface area contributed by atoms with Crippen LogP contribution in [-0.4, -0.2) is 28.4 Å². The number of carboxylic acid groups (broad SMARTS) is 1. The number of amides is 1. The first-order valence-electron chi connectivity index (χ1n) is 6.43. The first-order valence-corrected chi connectivity index (χ1v) is 6.43. The summed E-state index contributed by atoms with van der Waals surface area (Å²) in [5.74, 6) is -3.73. The van der Waals surface area contributed by atoms with Crippen LogP contribution in [0.1, 0.15) is 31.4 Å². The molecular formula is C14H15F2NO3. The molecule has 20 heavy (non-hydrogen) atoms. The van der Waals surface area contributed by atoms with Gasteiger partial charge in [-0.2, -0.15) is 0 Å². The molecule has 1 amide bonds. The molecule has 0 spiro atoms. The maximum atomic E-state index is 13.9. The van der Waals surface area contributed by atoms with E-state index in [0.717, 1.165) is 6.07 Å². The summed E-state index contributed by atoms with van der Waals surface area (Å²) >= 11 is 0. The number of halogens is 2. The van der Waals surface area contributed by atoms with Crippen molar-refractivity contribution in [3.05, 3.63) is 35.4 Å². The zero-order valence-electron chi connectivity index (χ0n) is 11.0. The summed E-state index contributed by atoms with van der Waals surface area (Å²) < 4.78 is 26.9. The predicted octanol–water partition coefficient (Wildman–Crippen LogP) is 2.35. The molecule has 6 heteroatoms. The third kappa shape index (κ3) is 2.50. The van der Waals surface area contributed by atoms with Crippen LogP contribution in [0.4, 0.5) is 8.78 Å². The van der Waals surface area contributed by atoms with Crippen molar-refractivity contribution in [1.82, 2.24) is 4.90 Å². The second-order valence-electron chi connectivity index (χ2n) is 4.77. The van der Waals surface area contributed by atoms with Gasteiger partial charge in [-0.05, 0) is 19.4 Å². The van der Waals surface area contributed by atoms with E-state index in [-0.39, 0.29) is 30.9 Å². The highest BCUT2D eigenvalue weighted by Crippen LogP contribution is 2.37. The maximum absolute atomic E-state index is 13.9. The van der Waals surface area contributed by atoms with Gasteiger partial charge >= 0.3 is 5.97 Å². The SMILES string of the molecule is CCN1C(=O)CCC(C(=O)O)C1c1ccc(F)cc1F. The second kappa shape index (κ2) is 5.56. The molecule has 1 N–H and O–H groups in total. The number of hydrogen-bond acceptors (Lipinski definition) is 2.